The van der Waals surface area contributed by atoms with Crippen LogP contribution in [0.15, 0.2) is 30.3 Å². The Morgan fingerprint density at radius 2 is 2.00 bits per heavy atom. The van der Waals surface area contributed by atoms with Crippen LogP contribution in [0.1, 0.15) is 25.3 Å². The van der Waals surface area contributed by atoms with Crippen LogP contribution in [0.2, 0.25) is 0 Å². The molecule has 0 radical (unpaired) electrons. The lowest BCUT2D eigenvalue weighted by atomic mass is 9.93. The lowest BCUT2D eigenvalue weighted by Gasteiger charge is -2.21. The van der Waals surface area contributed by atoms with Gasteiger partial charge in [-0.25, -0.2) is 13.2 Å². The minimum atomic E-state index is -3.12. The van der Waals surface area contributed by atoms with E-state index < -0.39 is 45.8 Å². The van der Waals surface area contributed by atoms with Crippen molar-refractivity contribution in [1.82, 2.24) is 15.5 Å². The van der Waals surface area contributed by atoms with Gasteiger partial charge >= 0.3 is 6.03 Å². The number of hydrogen-bond acceptors (Lipinski definition) is 5. The van der Waals surface area contributed by atoms with E-state index in [1.54, 1.807) is 6.92 Å². The largest absolute Gasteiger partial charge is 0.351 e. The standard InChI is InChI=1S/C18H23N3O5S/c1-18(9-7-13-5-3-2-4-6-13)16(23)21(17(24)20-18)11-15(22)19-14-8-10-27(25,26)12-14/h2-6,14H,7-12H2,1H3,(H,19,22)(H,20,24)/t14-,18+/m1/s1. The molecule has 0 unspecified atom stereocenters. The van der Waals surface area contributed by atoms with Crippen LogP contribution in [-0.2, 0) is 25.8 Å². The topological polar surface area (TPSA) is 113 Å². The normalized spacial score (nSPS) is 26.9. The first-order valence-electron chi connectivity index (χ1n) is 8.86. The number of sulfone groups is 1. The summed E-state index contributed by atoms with van der Waals surface area (Å²) in [5.41, 5.74) is -0.0106. The van der Waals surface area contributed by atoms with Crippen LogP contribution in [0.4, 0.5) is 4.79 Å². The molecular weight excluding hydrogens is 370 g/mol. The second-order valence-electron chi connectivity index (χ2n) is 7.31. The zero-order valence-corrected chi connectivity index (χ0v) is 15.9. The number of amides is 4. The van der Waals surface area contributed by atoms with Gasteiger partial charge in [0.05, 0.1) is 11.5 Å². The van der Waals surface area contributed by atoms with E-state index >= 15 is 0 Å². The summed E-state index contributed by atoms with van der Waals surface area (Å²) < 4.78 is 22.9. The molecule has 0 saturated carbocycles. The van der Waals surface area contributed by atoms with Crippen LogP contribution in [0.3, 0.4) is 0 Å². The fourth-order valence-electron chi connectivity index (χ4n) is 3.42. The third kappa shape index (κ3) is 4.47. The number of hydrogen-bond donors (Lipinski definition) is 2. The SMILES string of the molecule is C[C@@]1(CCc2ccccc2)NC(=O)N(CC(=O)N[C@@H]2CCS(=O)(=O)C2)C1=O. The quantitative estimate of drug-likeness (QED) is 0.672. The highest BCUT2D eigenvalue weighted by atomic mass is 32.2. The lowest BCUT2D eigenvalue weighted by molar-refractivity contribution is -0.134. The highest BCUT2D eigenvalue weighted by Gasteiger charge is 2.48. The van der Waals surface area contributed by atoms with Gasteiger partial charge in [-0.3, -0.25) is 14.5 Å². The number of carbonyl (C=O) groups is 3. The second kappa shape index (κ2) is 7.30. The zero-order valence-electron chi connectivity index (χ0n) is 15.1. The van der Waals surface area contributed by atoms with Crippen molar-refractivity contribution in [2.45, 2.75) is 37.8 Å². The monoisotopic (exact) mass is 393 g/mol. The number of aryl methyl sites for hydroxylation is 1. The average Bonchev–Trinajstić information content (AvgIpc) is 3.05. The fourth-order valence-corrected chi connectivity index (χ4v) is 5.10. The molecule has 0 aromatic heterocycles. The summed E-state index contributed by atoms with van der Waals surface area (Å²) in [7, 11) is -3.12. The predicted molar refractivity (Wildman–Crippen MR) is 98.6 cm³/mol. The molecule has 1 aromatic rings. The van der Waals surface area contributed by atoms with E-state index in [0.717, 1.165) is 10.5 Å². The van der Waals surface area contributed by atoms with Crippen molar-refractivity contribution in [3.63, 3.8) is 0 Å². The molecule has 2 atom stereocenters. The number of carbonyl (C=O) groups excluding carboxylic acids is 3. The number of nitrogens with one attached hydrogen (secondary N) is 2. The van der Waals surface area contributed by atoms with Gasteiger partial charge in [-0.15, -0.1) is 0 Å². The fraction of sp³-hybridized carbons (Fsp3) is 0.500. The van der Waals surface area contributed by atoms with Gasteiger partial charge in [0.1, 0.15) is 12.1 Å². The Kier molecular flexibility index (Phi) is 5.23. The summed E-state index contributed by atoms with van der Waals surface area (Å²) in [5.74, 6) is -1.04. The van der Waals surface area contributed by atoms with E-state index in [9.17, 15) is 22.8 Å². The summed E-state index contributed by atoms with van der Waals surface area (Å²) >= 11 is 0. The molecular formula is C18H23N3O5S. The summed E-state index contributed by atoms with van der Waals surface area (Å²) in [5, 5.41) is 5.27. The molecule has 2 saturated heterocycles. The molecule has 2 aliphatic heterocycles. The molecule has 9 heteroatoms. The Balaban J connectivity index is 1.57. The molecule has 1 aromatic carbocycles. The molecule has 8 nitrogen and oxygen atoms in total. The second-order valence-corrected chi connectivity index (χ2v) is 9.54. The van der Waals surface area contributed by atoms with E-state index in [-0.39, 0.29) is 11.5 Å². The highest BCUT2D eigenvalue weighted by Crippen LogP contribution is 2.23. The van der Waals surface area contributed by atoms with Crippen molar-refractivity contribution in [3.8, 4) is 0 Å². The van der Waals surface area contributed by atoms with Gasteiger partial charge in [0.15, 0.2) is 9.84 Å². The van der Waals surface area contributed by atoms with Crippen molar-refractivity contribution in [3.05, 3.63) is 35.9 Å². The maximum atomic E-state index is 12.7. The van der Waals surface area contributed by atoms with Crippen LogP contribution in [0.5, 0.6) is 0 Å². The summed E-state index contributed by atoms with van der Waals surface area (Å²) in [6.45, 7) is 1.24. The predicted octanol–water partition coefficient (Wildman–Crippen LogP) is 0.233. The van der Waals surface area contributed by atoms with Crippen molar-refractivity contribution in [2.75, 3.05) is 18.1 Å². The minimum Gasteiger partial charge on any atom is -0.351 e. The maximum Gasteiger partial charge on any atom is 0.325 e. The van der Waals surface area contributed by atoms with Crippen molar-refractivity contribution < 1.29 is 22.8 Å². The summed E-state index contributed by atoms with van der Waals surface area (Å²) in [6.07, 6.45) is 1.38. The molecule has 0 spiro atoms. The lowest BCUT2D eigenvalue weighted by Crippen LogP contribution is -2.46. The van der Waals surface area contributed by atoms with Crippen molar-refractivity contribution in [2.24, 2.45) is 0 Å². The molecule has 2 fully saturated rings. The van der Waals surface area contributed by atoms with Gasteiger partial charge in [0.2, 0.25) is 5.91 Å². The van der Waals surface area contributed by atoms with Crippen LogP contribution in [0, 0.1) is 0 Å². The first-order chi connectivity index (χ1) is 12.7. The Bertz CT molecular complexity index is 855. The van der Waals surface area contributed by atoms with E-state index in [2.05, 4.69) is 10.6 Å². The van der Waals surface area contributed by atoms with Gasteiger partial charge in [0.25, 0.3) is 5.91 Å². The molecule has 2 aliphatic rings. The number of rotatable bonds is 6. The van der Waals surface area contributed by atoms with Gasteiger partial charge in [-0.05, 0) is 31.7 Å². The number of benzene rings is 1. The molecule has 27 heavy (non-hydrogen) atoms. The van der Waals surface area contributed by atoms with Gasteiger partial charge < -0.3 is 10.6 Å². The number of urea groups is 1. The Morgan fingerprint density at radius 3 is 2.63 bits per heavy atom. The molecule has 0 aliphatic carbocycles. The smallest absolute Gasteiger partial charge is 0.325 e. The summed E-state index contributed by atoms with van der Waals surface area (Å²) in [6, 6.07) is 8.55. The van der Waals surface area contributed by atoms with Crippen LogP contribution in [0.25, 0.3) is 0 Å². The third-order valence-electron chi connectivity index (χ3n) is 5.00. The number of nitrogens with zero attached hydrogens (tertiary/aromatic N) is 1. The first kappa shape index (κ1) is 19.3. The minimum absolute atomic E-state index is 0.0403. The van der Waals surface area contributed by atoms with E-state index in [4.69, 9.17) is 0 Å². The van der Waals surface area contributed by atoms with Crippen LogP contribution < -0.4 is 10.6 Å². The molecule has 146 valence electrons. The summed E-state index contributed by atoms with van der Waals surface area (Å²) in [4.78, 5) is 38.0. The van der Waals surface area contributed by atoms with E-state index in [1.807, 2.05) is 30.3 Å². The van der Waals surface area contributed by atoms with Crippen LogP contribution in [-0.4, -0.2) is 60.8 Å². The molecule has 0 bridgehead atoms. The highest BCUT2D eigenvalue weighted by molar-refractivity contribution is 7.91. The first-order valence-corrected chi connectivity index (χ1v) is 10.7. The Labute approximate surface area is 158 Å². The maximum absolute atomic E-state index is 12.7. The Hall–Kier alpha value is -2.42. The van der Waals surface area contributed by atoms with Crippen molar-refractivity contribution >= 4 is 27.7 Å². The third-order valence-corrected chi connectivity index (χ3v) is 6.77. The van der Waals surface area contributed by atoms with E-state index in [1.165, 1.54) is 0 Å². The van der Waals surface area contributed by atoms with Gasteiger partial charge in [0, 0.05) is 6.04 Å². The molecule has 3 rings (SSSR count). The van der Waals surface area contributed by atoms with E-state index in [0.29, 0.717) is 19.3 Å². The molecule has 2 heterocycles. The Morgan fingerprint density at radius 1 is 1.30 bits per heavy atom. The van der Waals surface area contributed by atoms with Gasteiger partial charge in [-0.2, -0.15) is 0 Å². The van der Waals surface area contributed by atoms with Crippen molar-refractivity contribution in [1.29, 1.82) is 0 Å². The molecule has 2 N–H and O–H groups in total. The van der Waals surface area contributed by atoms with Gasteiger partial charge in [-0.1, -0.05) is 30.3 Å². The zero-order chi connectivity index (χ0) is 19.7. The molecule has 4 amide bonds. The average molecular weight is 393 g/mol. The number of imide groups is 1. The van der Waals surface area contributed by atoms with Crippen LogP contribution >= 0.6 is 0 Å².